The largest absolute Gasteiger partial charge is 0.353 e. The predicted octanol–water partition coefficient (Wildman–Crippen LogP) is 4.23. The Kier molecular flexibility index (Phi) is 4.57. The molecule has 0 saturated heterocycles. The SMILES string of the molecule is CCc1ccc(-c2cn3c(CC(=O)NC4CCCC4)csc3n2)cc1. The normalized spacial score (nSPS) is 15.1. The van der Waals surface area contributed by atoms with Gasteiger partial charge in [-0.3, -0.25) is 9.20 Å². The van der Waals surface area contributed by atoms with Gasteiger partial charge in [0.1, 0.15) is 0 Å². The van der Waals surface area contributed by atoms with Crippen molar-refractivity contribution in [3.8, 4) is 11.3 Å². The molecule has 2 heterocycles. The van der Waals surface area contributed by atoms with Gasteiger partial charge in [-0.2, -0.15) is 0 Å². The lowest BCUT2D eigenvalue weighted by atomic mass is 10.1. The Balaban J connectivity index is 1.52. The Morgan fingerprint density at radius 3 is 2.76 bits per heavy atom. The van der Waals surface area contributed by atoms with Crippen LogP contribution in [0.25, 0.3) is 16.2 Å². The van der Waals surface area contributed by atoms with Crippen molar-refractivity contribution in [3.05, 3.63) is 47.1 Å². The summed E-state index contributed by atoms with van der Waals surface area (Å²) in [6, 6.07) is 8.92. The van der Waals surface area contributed by atoms with E-state index < -0.39 is 0 Å². The fourth-order valence-corrected chi connectivity index (χ4v) is 4.39. The average Bonchev–Trinajstić information content (AvgIpc) is 3.34. The van der Waals surface area contributed by atoms with E-state index in [4.69, 9.17) is 4.98 Å². The van der Waals surface area contributed by atoms with Crippen molar-refractivity contribution < 1.29 is 4.79 Å². The summed E-state index contributed by atoms with van der Waals surface area (Å²) in [6.45, 7) is 2.16. The fourth-order valence-electron chi connectivity index (χ4n) is 3.52. The molecule has 3 aromatic rings. The van der Waals surface area contributed by atoms with E-state index in [1.54, 1.807) is 11.3 Å². The van der Waals surface area contributed by atoms with E-state index in [0.29, 0.717) is 12.5 Å². The standard InChI is InChI=1S/C20H23N3OS/c1-2-14-7-9-15(10-8-14)18-12-23-17(13-25-20(23)22-18)11-19(24)21-16-5-3-4-6-16/h7-10,12-13,16H,2-6,11H2,1H3,(H,21,24). The highest BCUT2D eigenvalue weighted by Gasteiger charge is 2.18. The monoisotopic (exact) mass is 353 g/mol. The number of aryl methyl sites for hydroxylation is 1. The number of nitrogens with one attached hydrogen (secondary N) is 1. The molecule has 0 radical (unpaired) electrons. The number of benzene rings is 1. The molecule has 4 nitrogen and oxygen atoms in total. The average molecular weight is 353 g/mol. The first-order chi connectivity index (χ1) is 12.2. The van der Waals surface area contributed by atoms with Gasteiger partial charge in [0, 0.05) is 28.9 Å². The van der Waals surface area contributed by atoms with Crippen LogP contribution in [0.15, 0.2) is 35.8 Å². The zero-order valence-corrected chi connectivity index (χ0v) is 15.3. The van der Waals surface area contributed by atoms with Crippen molar-refractivity contribution in [3.63, 3.8) is 0 Å². The molecule has 1 aliphatic carbocycles. The minimum Gasteiger partial charge on any atom is -0.353 e. The molecule has 2 aromatic heterocycles. The van der Waals surface area contributed by atoms with E-state index in [1.807, 2.05) is 11.6 Å². The van der Waals surface area contributed by atoms with Gasteiger partial charge in [0.05, 0.1) is 12.1 Å². The maximum atomic E-state index is 12.3. The third-order valence-electron chi connectivity index (χ3n) is 5.00. The van der Waals surface area contributed by atoms with E-state index in [2.05, 4.69) is 40.9 Å². The molecule has 0 bridgehead atoms. The van der Waals surface area contributed by atoms with E-state index in [1.165, 1.54) is 18.4 Å². The molecular formula is C20H23N3OS. The predicted molar refractivity (Wildman–Crippen MR) is 102 cm³/mol. The number of carbonyl (C=O) groups excluding carboxylic acids is 1. The molecular weight excluding hydrogens is 330 g/mol. The molecule has 1 N–H and O–H groups in total. The quantitative estimate of drug-likeness (QED) is 0.746. The van der Waals surface area contributed by atoms with Crippen molar-refractivity contribution in [2.45, 2.75) is 51.5 Å². The summed E-state index contributed by atoms with van der Waals surface area (Å²) in [7, 11) is 0. The molecule has 1 aliphatic rings. The van der Waals surface area contributed by atoms with Crippen LogP contribution >= 0.6 is 11.3 Å². The Morgan fingerprint density at radius 2 is 2.04 bits per heavy atom. The topological polar surface area (TPSA) is 46.4 Å². The lowest BCUT2D eigenvalue weighted by Crippen LogP contribution is -2.33. The van der Waals surface area contributed by atoms with Crippen LogP contribution in [0.1, 0.15) is 43.9 Å². The highest BCUT2D eigenvalue weighted by Crippen LogP contribution is 2.24. The number of hydrogen-bond acceptors (Lipinski definition) is 3. The Hall–Kier alpha value is -2.14. The molecule has 1 aromatic carbocycles. The molecule has 0 aliphatic heterocycles. The zero-order valence-electron chi connectivity index (χ0n) is 14.5. The van der Waals surface area contributed by atoms with Crippen molar-refractivity contribution in [1.29, 1.82) is 0 Å². The van der Waals surface area contributed by atoms with Gasteiger partial charge in [0.25, 0.3) is 0 Å². The van der Waals surface area contributed by atoms with Crippen LogP contribution in [0.5, 0.6) is 0 Å². The second-order valence-electron chi connectivity index (χ2n) is 6.78. The van der Waals surface area contributed by atoms with E-state index in [9.17, 15) is 4.79 Å². The molecule has 25 heavy (non-hydrogen) atoms. The number of amides is 1. The number of imidazole rings is 1. The number of aromatic nitrogens is 2. The van der Waals surface area contributed by atoms with Crippen LogP contribution in [0.4, 0.5) is 0 Å². The van der Waals surface area contributed by atoms with Crippen molar-refractivity contribution in [1.82, 2.24) is 14.7 Å². The first-order valence-corrected chi connectivity index (χ1v) is 9.95. The highest BCUT2D eigenvalue weighted by molar-refractivity contribution is 7.15. The van der Waals surface area contributed by atoms with E-state index in [0.717, 1.165) is 41.2 Å². The van der Waals surface area contributed by atoms with Gasteiger partial charge < -0.3 is 5.32 Å². The zero-order chi connectivity index (χ0) is 17.2. The van der Waals surface area contributed by atoms with Crippen LogP contribution in [0.3, 0.4) is 0 Å². The maximum Gasteiger partial charge on any atom is 0.226 e. The first kappa shape index (κ1) is 16.3. The number of fused-ring (bicyclic) bond motifs is 1. The highest BCUT2D eigenvalue weighted by atomic mass is 32.1. The number of nitrogens with zero attached hydrogens (tertiary/aromatic N) is 2. The van der Waals surface area contributed by atoms with Crippen LogP contribution in [0, 0.1) is 0 Å². The molecule has 1 fully saturated rings. The van der Waals surface area contributed by atoms with E-state index in [-0.39, 0.29) is 5.91 Å². The van der Waals surface area contributed by atoms with Crippen LogP contribution in [-0.2, 0) is 17.6 Å². The Labute approximate surface area is 151 Å². The molecule has 0 spiro atoms. The summed E-state index contributed by atoms with van der Waals surface area (Å²) >= 11 is 1.59. The minimum atomic E-state index is 0.120. The van der Waals surface area contributed by atoms with Gasteiger partial charge in [-0.25, -0.2) is 4.98 Å². The second kappa shape index (κ2) is 7.00. The van der Waals surface area contributed by atoms with Crippen molar-refractivity contribution in [2.24, 2.45) is 0 Å². The molecule has 5 heteroatoms. The first-order valence-electron chi connectivity index (χ1n) is 9.07. The molecule has 4 rings (SSSR count). The molecule has 0 unspecified atom stereocenters. The number of thiazole rings is 1. The van der Waals surface area contributed by atoms with Crippen LogP contribution < -0.4 is 5.32 Å². The van der Waals surface area contributed by atoms with Gasteiger partial charge >= 0.3 is 0 Å². The third kappa shape index (κ3) is 3.47. The molecule has 1 saturated carbocycles. The summed E-state index contributed by atoms with van der Waals surface area (Å²) in [4.78, 5) is 18.0. The Bertz CT molecular complexity index is 872. The maximum absolute atomic E-state index is 12.3. The number of hydrogen-bond donors (Lipinski definition) is 1. The van der Waals surface area contributed by atoms with Gasteiger partial charge in [-0.05, 0) is 24.8 Å². The summed E-state index contributed by atoms with van der Waals surface area (Å²) in [5, 5.41) is 5.21. The minimum absolute atomic E-state index is 0.120. The lowest BCUT2D eigenvalue weighted by Gasteiger charge is -2.11. The van der Waals surface area contributed by atoms with Gasteiger partial charge in [0.2, 0.25) is 5.91 Å². The second-order valence-corrected chi connectivity index (χ2v) is 7.62. The third-order valence-corrected chi connectivity index (χ3v) is 5.89. The summed E-state index contributed by atoms with van der Waals surface area (Å²) in [5.74, 6) is 0.120. The van der Waals surface area contributed by atoms with E-state index >= 15 is 0 Å². The van der Waals surface area contributed by atoms with Crippen LogP contribution in [0.2, 0.25) is 0 Å². The van der Waals surface area contributed by atoms with Gasteiger partial charge in [-0.15, -0.1) is 11.3 Å². The summed E-state index contributed by atoms with van der Waals surface area (Å²) in [5.41, 5.74) is 4.43. The van der Waals surface area contributed by atoms with Crippen molar-refractivity contribution >= 4 is 22.2 Å². The number of carbonyl (C=O) groups is 1. The summed E-state index contributed by atoms with van der Waals surface area (Å²) < 4.78 is 2.06. The van der Waals surface area contributed by atoms with Gasteiger partial charge in [-0.1, -0.05) is 44.0 Å². The molecule has 0 atom stereocenters. The van der Waals surface area contributed by atoms with Crippen LogP contribution in [-0.4, -0.2) is 21.3 Å². The lowest BCUT2D eigenvalue weighted by molar-refractivity contribution is -0.121. The molecule has 1 amide bonds. The summed E-state index contributed by atoms with van der Waals surface area (Å²) in [6.07, 6.45) is 8.21. The smallest absolute Gasteiger partial charge is 0.226 e. The van der Waals surface area contributed by atoms with Crippen molar-refractivity contribution in [2.75, 3.05) is 0 Å². The number of rotatable bonds is 5. The molecule has 130 valence electrons. The fraction of sp³-hybridized carbons (Fsp3) is 0.400. The van der Waals surface area contributed by atoms with Gasteiger partial charge in [0.15, 0.2) is 4.96 Å². The Morgan fingerprint density at radius 1 is 1.28 bits per heavy atom.